The van der Waals surface area contributed by atoms with Crippen molar-refractivity contribution in [3.8, 4) is 12.3 Å². The number of hydrogen-bond donors (Lipinski definition) is 3. The summed E-state index contributed by atoms with van der Waals surface area (Å²) in [6.07, 6.45) is 6.17. The van der Waals surface area contributed by atoms with Crippen LogP contribution < -0.4 is 16.2 Å². The highest BCUT2D eigenvalue weighted by Crippen LogP contribution is 2.03. The van der Waals surface area contributed by atoms with Crippen LogP contribution in [-0.2, 0) is 0 Å². The van der Waals surface area contributed by atoms with Gasteiger partial charge in [0.15, 0.2) is 0 Å². The van der Waals surface area contributed by atoms with Gasteiger partial charge in [-0.25, -0.2) is 5.43 Å². The fourth-order valence-electron chi connectivity index (χ4n) is 1.01. The number of halogens is 1. The third kappa shape index (κ3) is 5.90. The van der Waals surface area contributed by atoms with Gasteiger partial charge in [-0.1, -0.05) is 12.8 Å². The summed E-state index contributed by atoms with van der Waals surface area (Å²) in [6, 6.07) is 0. The van der Waals surface area contributed by atoms with E-state index in [0.29, 0.717) is 24.3 Å². The van der Waals surface area contributed by atoms with Crippen LogP contribution in [-0.4, -0.2) is 28.0 Å². The molecule has 6 nitrogen and oxygen atoms in total. The molecule has 0 amide bonds. The maximum absolute atomic E-state index is 5.14. The lowest BCUT2D eigenvalue weighted by molar-refractivity contribution is 0.746. The Labute approximate surface area is 107 Å². The number of hydrogen-bond acceptors (Lipinski definition) is 6. The molecule has 0 spiro atoms. The van der Waals surface area contributed by atoms with E-state index in [0.717, 1.165) is 13.0 Å². The zero-order valence-electron chi connectivity index (χ0n) is 9.95. The van der Waals surface area contributed by atoms with E-state index in [4.69, 9.17) is 6.42 Å². The first-order chi connectivity index (χ1) is 7.76. The second-order valence-corrected chi connectivity index (χ2v) is 3.14. The molecular weight excluding hydrogens is 240 g/mol. The normalized spacial score (nSPS) is 9.00. The number of terminal acetylenes is 1. The maximum atomic E-state index is 5.14. The molecule has 3 N–H and O–H groups in total. The highest BCUT2D eigenvalue weighted by molar-refractivity contribution is 5.85. The lowest BCUT2D eigenvalue weighted by Gasteiger charge is -2.07. The van der Waals surface area contributed by atoms with Gasteiger partial charge in [0.1, 0.15) is 5.82 Å². The van der Waals surface area contributed by atoms with Crippen LogP contribution in [0.15, 0.2) is 0 Å². The molecule has 0 aliphatic heterocycles. The van der Waals surface area contributed by atoms with Gasteiger partial charge in [0, 0.05) is 6.54 Å². The SMILES string of the molecule is C#CCNc1nc(C)nc(NNCCC)n1.Cl. The van der Waals surface area contributed by atoms with Crippen LogP contribution in [0.5, 0.6) is 0 Å². The predicted octanol–water partition coefficient (Wildman–Crippen LogP) is 0.973. The zero-order valence-corrected chi connectivity index (χ0v) is 10.8. The topological polar surface area (TPSA) is 74.8 Å². The first-order valence-electron chi connectivity index (χ1n) is 5.15. The summed E-state index contributed by atoms with van der Waals surface area (Å²) in [5.41, 5.74) is 5.89. The molecule has 1 aromatic rings. The molecule has 1 aromatic heterocycles. The van der Waals surface area contributed by atoms with Crippen molar-refractivity contribution in [3.63, 3.8) is 0 Å². The van der Waals surface area contributed by atoms with Crippen LogP contribution in [0.1, 0.15) is 19.2 Å². The van der Waals surface area contributed by atoms with E-state index >= 15 is 0 Å². The van der Waals surface area contributed by atoms with Crippen molar-refractivity contribution < 1.29 is 0 Å². The largest absolute Gasteiger partial charge is 0.343 e. The van der Waals surface area contributed by atoms with Gasteiger partial charge in [0.05, 0.1) is 6.54 Å². The number of hydrazine groups is 1. The van der Waals surface area contributed by atoms with Crippen molar-refractivity contribution in [2.45, 2.75) is 20.3 Å². The quantitative estimate of drug-likeness (QED) is 0.400. The number of aromatic nitrogens is 3. The Morgan fingerprint density at radius 3 is 2.59 bits per heavy atom. The van der Waals surface area contributed by atoms with Crippen molar-refractivity contribution in [1.29, 1.82) is 0 Å². The van der Waals surface area contributed by atoms with Gasteiger partial charge in [0.25, 0.3) is 0 Å². The molecule has 0 aliphatic carbocycles. The van der Waals surface area contributed by atoms with Gasteiger partial charge in [-0.05, 0) is 13.3 Å². The Balaban J connectivity index is 0.00000256. The molecule has 0 saturated heterocycles. The third-order valence-corrected chi connectivity index (χ3v) is 1.67. The van der Waals surface area contributed by atoms with Crippen LogP contribution in [0, 0.1) is 19.3 Å². The molecule has 0 fully saturated rings. The Bertz CT molecular complexity index is 376. The van der Waals surface area contributed by atoms with Gasteiger partial charge < -0.3 is 5.32 Å². The van der Waals surface area contributed by atoms with Gasteiger partial charge in [-0.3, -0.25) is 5.43 Å². The van der Waals surface area contributed by atoms with E-state index in [9.17, 15) is 0 Å². The van der Waals surface area contributed by atoms with Crippen LogP contribution in [0.25, 0.3) is 0 Å². The number of rotatable bonds is 6. The Hall–Kier alpha value is -1.58. The van der Waals surface area contributed by atoms with Crippen molar-refractivity contribution in [3.05, 3.63) is 5.82 Å². The fraction of sp³-hybridized carbons (Fsp3) is 0.500. The average Bonchev–Trinajstić information content (AvgIpc) is 2.26. The zero-order chi connectivity index (χ0) is 11.8. The molecule has 94 valence electrons. The summed E-state index contributed by atoms with van der Waals surface area (Å²) < 4.78 is 0. The minimum Gasteiger partial charge on any atom is -0.343 e. The van der Waals surface area contributed by atoms with Gasteiger partial charge in [-0.15, -0.1) is 18.8 Å². The van der Waals surface area contributed by atoms with E-state index in [1.807, 2.05) is 0 Å². The highest BCUT2D eigenvalue weighted by Gasteiger charge is 2.01. The van der Waals surface area contributed by atoms with E-state index in [2.05, 4.69) is 44.0 Å². The summed E-state index contributed by atoms with van der Waals surface area (Å²) >= 11 is 0. The van der Waals surface area contributed by atoms with Crippen molar-refractivity contribution in [2.75, 3.05) is 23.8 Å². The van der Waals surface area contributed by atoms with Crippen molar-refractivity contribution >= 4 is 24.3 Å². The standard InChI is InChI=1S/C10H16N6.ClH/c1-4-6-11-9-13-8(3)14-10(15-9)16-12-7-5-2;/h1,12H,5-7H2,2-3H3,(H2,11,13,14,15,16);1H. The van der Waals surface area contributed by atoms with E-state index < -0.39 is 0 Å². The number of nitrogens with one attached hydrogen (secondary N) is 3. The molecule has 0 radical (unpaired) electrons. The Kier molecular flexibility index (Phi) is 7.76. The van der Waals surface area contributed by atoms with Gasteiger partial charge in [-0.2, -0.15) is 15.0 Å². The molecule has 1 heterocycles. The molecule has 7 heteroatoms. The monoisotopic (exact) mass is 256 g/mol. The van der Waals surface area contributed by atoms with E-state index in [-0.39, 0.29) is 12.4 Å². The molecule has 0 atom stereocenters. The lowest BCUT2D eigenvalue weighted by Crippen LogP contribution is -2.24. The average molecular weight is 257 g/mol. The molecule has 0 unspecified atom stereocenters. The second kappa shape index (κ2) is 8.56. The molecule has 0 bridgehead atoms. The maximum Gasteiger partial charge on any atom is 0.242 e. The highest BCUT2D eigenvalue weighted by atomic mass is 35.5. The summed E-state index contributed by atoms with van der Waals surface area (Å²) in [7, 11) is 0. The Morgan fingerprint density at radius 2 is 1.94 bits per heavy atom. The number of aryl methyl sites for hydroxylation is 1. The molecule has 0 saturated carbocycles. The van der Waals surface area contributed by atoms with E-state index in [1.165, 1.54) is 0 Å². The smallest absolute Gasteiger partial charge is 0.242 e. The minimum atomic E-state index is 0. The van der Waals surface area contributed by atoms with Crippen molar-refractivity contribution in [2.24, 2.45) is 0 Å². The van der Waals surface area contributed by atoms with Gasteiger partial charge in [0.2, 0.25) is 11.9 Å². The number of nitrogens with zero attached hydrogens (tertiary/aromatic N) is 3. The molecule has 0 aliphatic rings. The summed E-state index contributed by atoms with van der Waals surface area (Å²) in [5.74, 6) is 4.06. The van der Waals surface area contributed by atoms with Crippen molar-refractivity contribution in [1.82, 2.24) is 20.4 Å². The number of anilines is 2. The third-order valence-electron chi connectivity index (χ3n) is 1.67. The first kappa shape index (κ1) is 15.4. The van der Waals surface area contributed by atoms with Crippen LogP contribution >= 0.6 is 12.4 Å². The Morgan fingerprint density at radius 1 is 1.24 bits per heavy atom. The fourth-order valence-corrected chi connectivity index (χ4v) is 1.01. The van der Waals surface area contributed by atoms with Crippen LogP contribution in [0.3, 0.4) is 0 Å². The minimum absolute atomic E-state index is 0. The lowest BCUT2D eigenvalue weighted by atomic mass is 10.5. The van der Waals surface area contributed by atoms with E-state index in [1.54, 1.807) is 6.92 Å². The van der Waals surface area contributed by atoms with Crippen LogP contribution in [0.4, 0.5) is 11.9 Å². The second-order valence-electron chi connectivity index (χ2n) is 3.14. The summed E-state index contributed by atoms with van der Waals surface area (Å²) in [4.78, 5) is 12.4. The summed E-state index contributed by atoms with van der Waals surface area (Å²) in [6.45, 7) is 5.12. The summed E-state index contributed by atoms with van der Waals surface area (Å²) in [5, 5.41) is 2.90. The van der Waals surface area contributed by atoms with Gasteiger partial charge >= 0.3 is 0 Å². The molecule has 17 heavy (non-hydrogen) atoms. The molecular formula is C10H17ClN6. The first-order valence-corrected chi connectivity index (χ1v) is 5.15. The molecule has 1 rings (SSSR count). The molecule has 0 aromatic carbocycles. The predicted molar refractivity (Wildman–Crippen MR) is 71.1 cm³/mol. The van der Waals surface area contributed by atoms with Crippen LogP contribution in [0.2, 0.25) is 0 Å².